The number of carbonyl (C=O) groups excluding carboxylic acids is 1. The van der Waals surface area contributed by atoms with Gasteiger partial charge in [-0.2, -0.15) is 0 Å². The third-order valence-electron chi connectivity index (χ3n) is 2.13. The lowest BCUT2D eigenvalue weighted by Crippen LogP contribution is -2.45. The molecule has 1 N–H and O–H groups in total. The summed E-state index contributed by atoms with van der Waals surface area (Å²) in [5.41, 5.74) is 0. The molecule has 100 valence electrons. The summed E-state index contributed by atoms with van der Waals surface area (Å²) in [4.78, 5) is 10.5. The molecular formula is C11H14NO5S-. The lowest BCUT2D eigenvalue weighted by atomic mass is 10.3. The summed E-state index contributed by atoms with van der Waals surface area (Å²) >= 11 is 0. The maximum atomic E-state index is 11.8. The molecule has 0 radical (unpaired) electrons. The van der Waals surface area contributed by atoms with Gasteiger partial charge >= 0.3 is 0 Å². The first-order valence-corrected chi connectivity index (χ1v) is 6.81. The van der Waals surface area contributed by atoms with Gasteiger partial charge in [0.2, 0.25) is 10.0 Å². The van der Waals surface area contributed by atoms with Crippen molar-refractivity contribution in [3.05, 3.63) is 24.3 Å². The van der Waals surface area contributed by atoms with Crippen molar-refractivity contribution < 1.29 is 23.1 Å². The summed E-state index contributed by atoms with van der Waals surface area (Å²) in [6.07, 6.45) is 0. The van der Waals surface area contributed by atoms with Crippen molar-refractivity contribution in [2.45, 2.75) is 24.8 Å². The van der Waals surface area contributed by atoms with Crippen molar-refractivity contribution in [1.29, 1.82) is 0 Å². The number of ether oxygens (including phenoxy) is 1. The molecule has 1 aromatic carbocycles. The van der Waals surface area contributed by atoms with Crippen LogP contribution >= 0.6 is 0 Å². The zero-order valence-corrected chi connectivity index (χ0v) is 10.9. The van der Waals surface area contributed by atoms with E-state index in [1.54, 1.807) is 0 Å². The average Bonchev–Trinajstić information content (AvgIpc) is 2.29. The van der Waals surface area contributed by atoms with Crippen LogP contribution in [0.15, 0.2) is 29.2 Å². The highest BCUT2D eigenvalue weighted by molar-refractivity contribution is 7.89. The summed E-state index contributed by atoms with van der Waals surface area (Å²) < 4.78 is 30.7. The Balaban J connectivity index is 2.88. The summed E-state index contributed by atoms with van der Waals surface area (Å²) in [6, 6.07) is 4.40. The number of sulfonamides is 1. The number of carboxylic acids is 1. The van der Waals surface area contributed by atoms with Crippen LogP contribution in [0.1, 0.15) is 13.8 Å². The van der Waals surface area contributed by atoms with Crippen molar-refractivity contribution in [2.75, 3.05) is 6.61 Å². The van der Waals surface area contributed by atoms with Gasteiger partial charge in [-0.3, -0.25) is 0 Å². The third kappa shape index (κ3) is 3.71. The van der Waals surface area contributed by atoms with Gasteiger partial charge in [-0.25, -0.2) is 13.1 Å². The number of nitrogens with one attached hydrogen (secondary N) is 1. The van der Waals surface area contributed by atoms with E-state index in [0.29, 0.717) is 12.4 Å². The first-order valence-electron chi connectivity index (χ1n) is 5.33. The molecule has 0 bridgehead atoms. The Morgan fingerprint density at radius 1 is 1.39 bits per heavy atom. The molecule has 0 spiro atoms. The van der Waals surface area contributed by atoms with Gasteiger partial charge in [0.05, 0.1) is 23.5 Å². The highest BCUT2D eigenvalue weighted by atomic mass is 32.2. The Bertz CT molecular complexity index is 509. The van der Waals surface area contributed by atoms with Gasteiger partial charge in [-0.15, -0.1) is 0 Å². The highest BCUT2D eigenvalue weighted by Gasteiger charge is 2.17. The smallest absolute Gasteiger partial charge is 0.241 e. The van der Waals surface area contributed by atoms with Crippen LogP contribution in [0.5, 0.6) is 5.75 Å². The zero-order chi connectivity index (χ0) is 13.8. The Morgan fingerprint density at radius 3 is 2.39 bits per heavy atom. The van der Waals surface area contributed by atoms with E-state index in [1.807, 2.05) is 11.6 Å². The molecule has 1 atom stereocenters. The van der Waals surface area contributed by atoms with Gasteiger partial charge in [-0.1, -0.05) is 0 Å². The maximum Gasteiger partial charge on any atom is 0.241 e. The SMILES string of the molecule is CCOc1ccc(S(=O)(=O)N[C@H](C)C(=O)[O-])cc1. The van der Waals surface area contributed by atoms with Crippen molar-refractivity contribution in [2.24, 2.45) is 0 Å². The van der Waals surface area contributed by atoms with Crippen molar-refractivity contribution >= 4 is 16.0 Å². The topological polar surface area (TPSA) is 95.5 Å². The molecule has 0 aliphatic heterocycles. The van der Waals surface area contributed by atoms with Crippen molar-refractivity contribution in [1.82, 2.24) is 4.72 Å². The van der Waals surface area contributed by atoms with Gasteiger partial charge in [-0.05, 0) is 38.1 Å². The van der Waals surface area contributed by atoms with E-state index in [0.717, 1.165) is 0 Å². The molecule has 6 nitrogen and oxygen atoms in total. The second-order valence-electron chi connectivity index (χ2n) is 3.57. The van der Waals surface area contributed by atoms with Gasteiger partial charge in [0.25, 0.3) is 0 Å². The summed E-state index contributed by atoms with van der Waals surface area (Å²) in [5.74, 6) is -0.936. The first-order chi connectivity index (χ1) is 8.36. The fourth-order valence-corrected chi connectivity index (χ4v) is 2.42. The minimum absolute atomic E-state index is 0.0287. The summed E-state index contributed by atoms with van der Waals surface area (Å²) in [6.45, 7) is 3.49. The maximum absolute atomic E-state index is 11.8. The average molecular weight is 272 g/mol. The van der Waals surface area contributed by atoms with Crippen LogP contribution in [0.2, 0.25) is 0 Å². The predicted octanol–water partition coefficient (Wildman–Crippen LogP) is -0.498. The van der Waals surface area contributed by atoms with Gasteiger partial charge in [0.15, 0.2) is 0 Å². The van der Waals surface area contributed by atoms with Crippen LogP contribution < -0.4 is 14.6 Å². The standard InChI is InChI=1S/C11H15NO5S/c1-3-17-9-4-6-10(7-5-9)18(15,16)12-8(2)11(13)14/h4-8,12H,3H2,1-2H3,(H,13,14)/p-1/t8-/m1/s1. The monoisotopic (exact) mass is 272 g/mol. The quantitative estimate of drug-likeness (QED) is 0.753. The van der Waals surface area contributed by atoms with Crippen LogP contribution in [-0.2, 0) is 14.8 Å². The van der Waals surface area contributed by atoms with Crippen molar-refractivity contribution in [3.8, 4) is 5.75 Å². The highest BCUT2D eigenvalue weighted by Crippen LogP contribution is 2.16. The number of hydrogen-bond donors (Lipinski definition) is 1. The molecule has 0 aliphatic carbocycles. The minimum atomic E-state index is -3.86. The second kappa shape index (κ2) is 5.83. The summed E-state index contributed by atoms with van der Waals surface area (Å²) in [7, 11) is -3.86. The van der Waals surface area contributed by atoms with Crippen LogP contribution in [0, 0.1) is 0 Å². The number of benzene rings is 1. The number of hydrogen-bond acceptors (Lipinski definition) is 5. The molecule has 0 amide bonds. The van der Waals surface area contributed by atoms with Crippen LogP contribution in [0.4, 0.5) is 0 Å². The van der Waals surface area contributed by atoms with Crippen molar-refractivity contribution in [3.63, 3.8) is 0 Å². The fourth-order valence-electron chi connectivity index (χ4n) is 1.23. The molecule has 0 unspecified atom stereocenters. The number of rotatable bonds is 6. The van der Waals surface area contributed by atoms with E-state index >= 15 is 0 Å². The molecule has 0 aromatic heterocycles. The third-order valence-corrected chi connectivity index (χ3v) is 3.69. The molecule has 7 heteroatoms. The van der Waals surface area contributed by atoms with E-state index in [-0.39, 0.29) is 4.90 Å². The summed E-state index contributed by atoms with van der Waals surface area (Å²) in [5, 5.41) is 10.5. The van der Waals surface area contributed by atoms with Crippen LogP contribution in [-0.4, -0.2) is 27.0 Å². The Labute approximate surface area is 106 Å². The predicted molar refractivity (Wildman–Crippen MR) is 62.4 cm³/mol. The second-order valence-corrected chi connectivity index (χ2v) is 5.28. The minimum Gasteiger partial charge on any atom is -0.548 e. The van der Waals surface area contributed by atoms with Gasteiger partial charge in [0.1, 0.15) is 5.75 Å². The molecule has 1 aromatic rings. The van der Waals surface area contributed by atoms with Gasteiger partial charge in [0, 0.05) is 0 Å². The molecule has 0 saturated heterocycles. The van der Waals surface area contributed by atoms with E-state index in [9.17, 15) is 18.3 Å². The molecular weight excluding hydrogens is 258 g/mol. The number of carboxylic acid groups (broad SMARTS) is 1. The molecule has 0 saturated carbocycles. The molecule has 0 fully saturated rings. The van der Waals surface area contributed by atoms with Crippen LogP contribution in [0.3, 0.4) is 0 Å². The first kappa shape index (κ1) is 14.5. The molecule has 1 rings (SSSR count). The van der Waals surface area contributed by atoms with Crippen LogP contribution in [0.25, 0.3) is 0 Å². The normalized spacial score (nSPS) is 13.0. The molecule has 0 aliphatic rings. The zero-order valence-electron chi connectivity index (χ0n) is 10.0. The molecule has 18 heavy (non-hydrogen) atoms. The number of aliphatic carboxylic acids is 1. The number of carbonyl (C=O) groups is 1. The van der Waals surface area contributed by atoms with Gasteiger partial charge < -0.3 is 14.6 Å². The Kier molecular flexibility index (Phi) is 4.69. The fraction of sp³-hybridized carbons (Fsp3) is 0.364. The van der Waals surface area contributed by atoms with E-state index in [1.165, 1.54) is 31.2 Å². The molecule has 0 heterocycles. The Hall–Kier alpha value is -1.60. The largest absolute Gasteiger partial charge is 0.548 e. The van der Waals surface area contributed by atoms with E-state index in [4.69, 9.17) is 4.74 Å². The lowest BCUT2D eigenvalue weighted by molar-refractivity contribution is -0.307. The Morgan fingerprint density at radius 2 is 1.94 bits per heavy atom. The van der Waals surface area contributed by atoms with E-state index in [2.05, 4.69) is 0 Å². The lowest BCUT2D eigenvalue weighted by Gasteiger charge is -2.15. The van der Waals surface area contributed by atoms with E-state index < -0.39 is 22.0 Å².